The first-order valence-corrected chi connectivity index (χ1v) is 6.05. The molecule has 3 heteroatoms. The first-order valence-electron chi connectivity index (χ1n) is 6.05. The zero-order chi connectivity index (χ0) is 10.5. The molecule has 2 nitrogen and oxygen atoms in total. The van der Waals surface area contributed by atoms with E-state index in [1.807, 2.05) is 0 Å². The Bertz CT molecular complexity index is 287. The molecular formula is C13H17NaO2. The molecule has 0 saturated heterocycles. The van der Waals surface area contributed by atoms with Crippen molar-refractivity contribution in [1.82, 2.24) is 0 Å². The third-order valence-electron chi connectivity index (χ3n) is 4.78. The molecule has 4 saturated carbocycles. The number of ketones is 1. The van der Waals surface area contributed by atoms with E-state index in [4.69, 9.17) is 0 Å². The number of hydrogen-bond donors (Lipinski definition) is 0. The number of allylic oxidation sites excluding steroid dienone is 1. The molecule has 4 rings (SSSR count). The molecule has 0 spiro atoms. The van der Waals surface area contributed by atoms with Crippen molar-refractivity contribution in [3.63, 3.8) is 0 Å². The van der Waals surface area contributed by atoms with Crippen LogP contribution in [0.3, 0.4) is 0 Å². The summed E-state index contributed by atoms with van der Waals surface area (Å²) in [6, 6.07) is 0. The molecule has 0 unspecified atom stereocenters. The maximum atomic E-state index is 12.0. The summed E-state index contributed by atoms with van der Waals surface area (Å²) in [6.45, 7) is 0. The summed E-state index contributed by atoms with van der Waals surface area (Å²) in [5, 5.41) is 10.4. The van der Waals surface area contributed by atoms with E-state index in [9.17, 15) is 9.90 Å². The summed E-state index contributed by atoms with van der Waals surface area (Å²) in [6.07, 6.45) is 9.13. The fourth-order valence-electron chi connectivity index (χ4n) is 4.65. The van der Waals surface area contributed by atoms with Crippen molar-refractivity contribution < 1.29 is 39.5 Å². The number of rotatable bonds is 2. The molecule has 0 radical (unpaired) electrons. The van der Waals surface area contributed by atoms with Crippen molar-refractivity contribution in [1.29, 1.82) is 0 Å². The maximum Gasteiger partial charge on any atom is 1.00 e. The normalized spacial score (nSPS) is 44.6. The van der Waals surface area contributed by atoms with Crippen LogP contribution in [0.5, 0.6) is 0 Å². The van der Waals surface area contributed by atoms with Gasteiger partial charge in [-0.05, 0) is 62.4 Å². The van der Waals surface area contributed by atoms with E-state index in [-0.39, 0.29) is 40.8 Å². The van der Waals surface area contributed by atoms with Crippen molar-refractivity contribution in [3.8, 4) is 0 Å². The van der Waals surface area contributed by atoms with Crippen LogP contribution in [0.1, 0.15) is 38.5 Å². The predicted molar refractivity (Wildman–Crippen MR) is 54.8 cm³/mol. The quantitative estimate of drug-likeness (QED) is 0.333. The minimum atomic E-state index is -0.115. The van der Waals surface area contributed by atoms with Crippen LogP contribution in [0.2, 0.25) is 0 Å². The first kappa shape index (κ1) is 12.7. The average Bonchev–Trinajstić information content (AvgIpc) is 2.15. The van der Waals surface area contributed by atoms with E-state index in [1.54, 1.807) is 0 Å². The van der Waals surface area contributed by atoms with Gasteiger partial charge in [0, 0.05) is 5.41 Å². The molecular weight excluding hydrogens is 211 g/mol. The zero-order valence-electron chi connectivity index (χ0n) is 9.95. The Balaban J connectivity index is 0.000000963. The number of carbonyl (C=O) groups is 1. The Hall–Kier alpha value is 0.210. The molecule has 0 amide bonds. The molecule has 16 heavy (non-hydrogen) atoms. The monoisotopic (exact) mass is 228 g/mol. The van der Waals surface area contributed by atoms with Crippen LogP contribution in [0.4, 0.5) is 0 Å². The zero-order valence-corrected chi connectivity index (χ0v) is 11.9. The molecule has 0 N–H and O–H groups in total. The van der Waals surface area contributed by atoms with Crippen LogP contribution in [-0.2, 0) is 4.79 Å². The third kappa shape index (κ3) is 1.89. The van der Waals surface area contributed by atoms with Crippen LogP contribution in [-0.4, -0.2) is 5.78 Å². The van der Waals surface area contributed by atoms with Gasteiger partial charge in [0.25, 0.3) is 0 Å². The van der Waals surface area contributed by atoms with Crippen LogP contribution in [0.25, 0.3) is 0 Å². The molecule has 0 atom stereocenters. The van der Waals surface area contributed by atoms with Crippen LogP contribution in [0.15, 0.2) is 12.3 Å². The van der Waals surface area contributed by atoms with Gasteiger partial charge in [-0.3, -0.25) is 4.79 Å². The molecule has 4 bridgehead atoms. The summed E-state index contributed by atoms with van der Waals surface area (Å²) in [7, 11) is 0. The molecule has 4 aliphatic rings. The fraction of sp³-hybridized carbons (Fsp3) is 0.769. The van der Waals surface area contributed by atoms with Gasteiger partial charge < -0.3 is 5.11 Å². The Morgan fingerprint density at radius 1 is 1.06 bits per heavy atom. The second kappa shape index (κ2) is 4.47. The topological polar surface area (TPSA) is 40.1 Å². The van der Waals surface area contributed by atoms with Gasteiger partial charge in [-0.25, -0.2) is 0 Å². The first-order chi connectivity index (χ1) is 7.22. The second-order valence-corrected chi connectivity index (χ2v) is 5.86. The van der Waals surface area contributed by atoms with E-state index in [1.165, 1.54) is 25.3 Å². The number of carbonyl (C=O) groups excluding carboxylic acids is 1. The Kier molecular flexibility index (Phi) is 3.54. The van der Waals surface area contributed by atoms with E-state index in [0.29, 0.717) is 6.26 Å². The average molecular weight is 228 g/mol. The SMILES string of the molecule is O=C(C=C[O-])C12CC3CC(CC(C3)C1)C2.[Na+]. The van der Waals surface area contributed by atoms with Crippen molar-refractivity contribution in [2.24, 2.45) is 23.2 Å². The van der Waals surface area contributed by atoms with Gasteiger partial charge in [0.2, 0.25) is 0 Å². The summed E-state index contributed by atoms with van der Waals surface area (Å²) in [5.41, 5.74) is -0.115. The van der Waals surface area contributed by atoms with Gasteiger partial charge in [-0.15, -0.1) is 6.26 Å². The van der Waals surface area contributed by atoms with Crippen molar-refractivity contribution >= 4 is 5.78 Å². The maximum absolute atomic E-state index is 12.0. The van der Waals surface area contributed by atoms with Crippen LogP contribution < -0.4 is 34.7 Å². The van der Waals surface area contributed by atoms with Gasteiger partial charge in [-0.2, -0.15) is 0 Å². The Morgan fingerprint density at radius 2 is 1.50 bits per heavy atom. The minimum Gasteiger partial charge on any atom is -0.878 e. The molecule has 0 aliphatic heterocycles. The smallest absolute Gasteiger partial charge is 0.878 e. The standard InChI is InChI=1S/C13H18O2.Na/c14-2-1-12(15)13-6-9-3-10(7-13)5-11(4-9)8-13;/h1-2,9-11,14H,3-8H2;/q;+1/p-1. The summed E-state index contributed by atoms with van der Waals surface area (Å²) in [5.74, 6) is 2.46. The van der Waals surface area contributed by atoms with Gasteiger partial charge in [-0.1, -0.05) is 0 Å². The van der Waals surface area contributed by atoms with Gasteiger partial charge in [0.1, 0.15) is 0 Å². The second-order valence-electron chi connectivity index (χ2n) is 5.86. The van der Waals surface area contributed by atoms with E-state index in [0.717, 1.165) is 37.0 Å². The Morgan fingerprint density at radius 3 is 1.88 bits per heavy atom. The van der Waals surface area contributed by atoms with Crippen LogP contribution in [0, 0.1) is 23.2 Å². The minimum absolute atomic E-state index is 0. The summed E-state index contributed by atoms with van der Waals surface area (Å²) < 4.78 is 0. The number of hydrogen-bond acceptors (Lipinski definition) is 2. The van der Waals surface area contributed by atoms with Crippen LogP contribution >= 0.6 is 0 Å². The van der Waals surface area contributed by atoms with Gasteiger partial charge in [0.15, 0.2) is 5.78 Å². The van der Waals surface area contributed by atoms with Gasteiger partial charge in [0.05, 0.1) is 0 Å². The molecule has 4 fully saturated rings. The molecule has 4 aliphatic carbocycles. The van der Waals surface area contributed by atoms with Crippen molar-refractivity contribution in [2.75, 3.05) is 0 Å². The molecule has 0 heterocycles. The molecule has 0 aromatic heterocycles. The summed E-state index contributed by atoms with van der Waals surface area (Å²) >= 11 is 0. The van der Waals surface area contributed by atoms with E-state index < -0.39 is 0 Å². The third-order valence-corrected chi connectivity index (χ3v) is 4.78. The summed E-state index contributed by atoms with van der Waals surface area (Å²) in [4.78, 5) is 12.0. The molecule has 82 valence electrons. The van der Waals surface area contributed by atoms with Crippen molar-refractivity contribution in [3.05, 3.63) is 12.3 Å². The van der Waals surface area contributed by atoms with E-state index >= 15 is 0 Å². The molecule has 0 aromatic carbocycles. The van der Waals surface area contributed by atoms with Gasteiger partial charge >= 0.3 is 29.6 Å². The predicted octanol–water partition coefficient (Wildman–Crippen LogP) is -1.35. The molecule has 0 aromatic rings. The van der Waals surface area contributed by atoms with Crippen molar-refractivity contribution in [2.45, 2.75) is 38.5 Å². The Labute approximate surface area is 119 Å². The largest absolute Gasteiger partial charge is 1.00 e. The fourth-order valence-corrected chi connectivity index (χ4v) is 4.65. The van der Waals surface area contributed by atoms with E-state index in [2.05, 4.69) is 0 Å².